The summed E-state index contributed by atoms with van der Waals surface area (Å²) >= 11 is 1.45. The molecule has 1 N–H and O–H groups in total. The predicted molar refractivity (Wildman–Crippen MR) is 75.2 cm³/mol. The first-order valence-electron chi connectivity index (χ1n) is 6.06. The quantitative estimate of drug-likeness (QED) is 0.519. The van der Waals surface area contributed by atoms with Crippen LogP contribution in [0.2, 0.25) is 0 Å². The summed E-state index contributed by atoms with van der Waals surface area (Å²) < 4.78 is 50.7. The summed E-state index contributed by atoms with van der Waals surface area (Å²) in [5.74, 6) is -1.47. The number of hydrazone groups is 1. The van der Waals surface area contributed by atoms with E-state index in [-0.39, 0.29) is 12.0 Å². The van der Waals surface area contributed by atoms with E-state index in [1.807, 2.05) is 5.38 Å². The van der Waals surface area contributed by atoms with Crippen LogP contribution in [0.1, 0.15) is 16.7 Å². The summed E-state index contributed by atoms with van der Waals surface area (Å²) in [4.78, 5) is 11.5. The minimum absolute atomic E-state index is 0.121. The fraction of sp³-hybridized carbons (Fsp3) is 0.143. The number of nitrogens with one attached hydrogen (secondary N) is 1. The SMILES string of the molecule is O=C(Cc1ccsc1)N/N=C/c1ccc(C(F)(F)F)cc1F. The molecule has 0 aliphatic heterocycles. The van der Waals surface area contributed by atoms with Crippen LogP contribution < -0.4 is 5.43 Å². The van der Waals surface area contributed by atoms with Crippen molar-refractivity contribution in [3.8, 4) is 0 Å². The molecule has 2 rings (SSSR count). The number of thiophene rings is 1. The van der Waals surface area contributed by atoms with Crippen molar-refractivity contribution in [3.05, 3.63) is 57.5 Å². The Labute approximate surface area is 127 Å². The van der Waals surface area contributed by atoms with Crippen LogP contribution in [-0.4, -0.2) is 12.1 Å². The molecule has 3 nitrogen and oxygen atoms in total. The average molecular weight is 330 g/mol. The highest BCUT2D eigenvalue weighted by atomic mass is 32.1. The number of carbonyl (C=O) groups excluding carboxylic acids is 1. The standard InChI is InChI=1S/C14H10F4N2OS/c15-12-6-11(14(16,17)18)2-1-10(12)7-19-20-13(21)5-9-3-4-22-8-9/h1-4,6-8H,5H2,(H,20,21)/b19-7+. The second kappa shape index (κ2) is 6.69. The third kappa shape index (κ3) is 4.39. The number of hydrogen-bond acceptors (Lipinski definition) is 3. The van der Waals surface area contributed by atoms with Crippen molar-refractivity contribution in [2.75, 3.05) is 0 Å². The van der Waals surface area contributed by atoms with Crippen molar-refractivity contribution in [1.82, 2.24) is 5.43 Å². The maximum atomic E-state index is 13.5. The Bertz CT molecular complexity index is 681. The lowest BCUT2D eigenvalue weighted by Crippen LogP contribution is -2.19. The van der Waals surface area contributed by atoms with Gasteiger partial charge in [0.15, 0.2) is 0 Å². The summed E-state index contributed by atoms with van der Waals surface area (Å²) in [7, 11) is 0. The molecule has 1 aromatic heterocycles. The molecule has 0 aliphatic carbocycles. The number of halogens is 4. The van der Waals surface area contributed by atoms with Crippen LogP contribution in [0.25, 0.3) is 0 Å². The van der Waals surface area contributed by atoms with E-state index in [1.54, 1.807) is 11.4 Å². The van der Waals surface area contributed by atoms with Crippen LogP contribution >= 0.6 is 11.3 Å². The minimum atomic E-state index is -4.61. The Kier molecular flexibility index (Phi) is 4.92. The molecular weight excluding hydrogens is 320 g/mol. The summed E-state index contributed by atoms with van der Waals surface area (Å²) in [5.41, 5.74) is 1.78. The zero-order chi connectivity index (χ0) is 16.2. The van der Waals surface area contributed by atoms with Crippen molar-refractivity contribution >= 4 is 23.5 Å². The molecule has 0 unspecified atom stereocenters. The fourth-order valence-electron chi connectivity index (χ4n) is 1.60. The maximum absolute atomic E-state index is 13.5. The van der Waals surface area contributed by atoms with Gasteiger partial charge in [0.25, 0.3) is 0 Å². The molecule has 0 bridgehead atoms. The molecule has 0 aliphatic rings. The number of carbonyl (C=O) groups is 1. The number of hydrogen-bond donors (Lipinski definition) is 1. The molecular formula is C14H10F4N2OS. The van der Waals surface area contributed by atoms with Gasteiger partial charge in [0.1, 0.15) is 5.82 Å². The van der Waals surface area contributed by atoms with Crippen LogP contribution in [0.15, 0.2) is 40.1 Å². The third-order valence-electron chi connectivity index (χ3n) is 2.67. The first-order chi connectivity index (χ1) is 10.4. The largest absolute Gasteiger partial charge is 0.416 e. The molecule has 1 aromatic carbocycles. The molecule has 1 heterocycles. The Morgan fingerprint density at radius 2 is 2.09 bits per heavy atom. The summed E-state index contributed by atoms with van der Waals surface area (Å²) in [5, 5.41) is 7.16. The van der Waals surface area contributed by atoms with E-state index in [2.05, 4.69) is 10.5 Å². The van der Waals surface area contributed by atoms with Gasteiger partial charge in [0.2, 0.25) is 5.91 Å². The van der Waals surface area contributed by atoms with Crippen LogP contribution in [0, 0.1) is 5.82 Å². The van der Waals surface area contributed by atoms with Gasteiger partial charge in [-0.1, -0.05) is 0 Å². The van der Waals surface area contributed by atoms with E-state index >= 15 is 0 Å². The van der Waals surface area contributed by atoms with Gasteiger partial charge < -0.3 is 0 Å². The Morgan fingerprint density at radius 1 is 1.32 bits per heavy atom. The Morgan fingerprint density at radius 3 is 2.68 bits per heavy atom. The van der Waals surface area contributed by atoms with E-state index in [1.165, 1.54) is 11.3 Å². The molecule has 2 aromatic rings. The van der Waals surface area contributed by atoms with Gasteiger partial charge in [0.05, 0.1) is 18.2 Å². The molecule has 8 heteroatoms. The van der Waals surface area contributed by atoms with Crippen molar-refractivity contribution in [2.24, 2.45) is 5.10 Å². The van der Waals surface area contributed by atoms with Gasteiger partial charge >= 0.3 is 6.18 Å². The molecule has 116 valence electrons. The molecule has 0 atom stereocenters. The Hall–Kier alpha value is -2.22. The molecule has 1 amide bonds. The summed E-state index contributed by atoms with van der Waals surface area (Å²) in [6, 6.07) is 3.86. The van der Waals surface area contributed by atoms with Crippen molar-refractivity contribution < 1.29 is 22.4 Å². The van der Waals surface area contributed by atoms with Crippen LogP contribution in [0.3, 0.4) is 0 Å². The smallest absolute Gasteiger partial charge is 0.273 e. The maximum Gasteiger partial charge on any atom is 0.416 e. The van der Waals surface area contributed by atoms with E-state index in [9.17, 15) is 22.4 Å². The van der Waals surface area contributed by atoms with Gasteiger partial charge in [-0.05, 0) is 40.6 Å². The van der Waals surface area contributed by atoms with Crippen molar-refractivity contribution in [1.29, 1.82) is 0 Å². The lowest BCUT2D eigenvalue weighted by molar-refractivity contribution is -0.137. The first kappa shape index (κ1) is 16.2. The van der Waals surface area contributed by atoms with Crippen LogP contribution in [0.5, 0.6) is 0 Å². The first-order valence-corrected chi connectivity index (χ1v) is 7.00. The minimum Gasteiger partial charge on any atom is -0.273 e. The van der Waals surface area contributed by atoms with E-state index in [0.29, 0.717) is 6.07 Å². The highest BCUT2D eigenvalue weighted by molar-refractivity contribution is 7.07. The second-order valence-corrected chi connectivity index (χ2v) is 5.12. The molecule has 0 fully saturated rings. The lowest BCUT2D eigenvalue weighted by Gasteiger charge is -2.07. The van der Waals surface area contributed by atoms with E-state index in [4.69, 9.17) is 0 Å². The van der Waals surface area contributed by atoms with Gasteiger partial charge in [-0.2, -0.15) is 29.6 Å². The highest BCUT2D eigenvalue weighted by Crippen LogP contribution is 2.29. The van der Waals surface area contributed by atoms with Crippen molar-refractivity contribution in [3.63, 3.8) is 0 Å². The number of amides is 1. The molecule has 0 radical (unpaired) electrons. The van der Waals surface area contributed by atoms with Gasteiger partial charge in [0, 0.05) is 5.56 Å². The third-order valence-corrected chi connectivity index (χ3v) is 3.40. The van der Waals surface area contributed by atoms with Gasteiger partial charge in [-0.15, -0.1) is 0 Å². The normalized spacial score (nSPS) is 11.8. The molecule has 0 saturated carbocycles. The number of rotatable bonds is 4. The monoisotopic (exact) mass is 330 g/mol. The molecule has 0 saturated heterocycles. The zero-order valence-corrected chi connectivity index (χ0v) is 11.8. The van der Waals surface area contributed by atoms with E-state index in [0.717, 1.165) is 23.9 Å². The summed E-state index contributed by atoms with van der Waals surface area (Å²) in [6.07, 6.45) is -3.53. The average Bonchev–Trinajstić information content (AvgIpc) is 2.92. The van der Waals surface area contributed by atoms with Crippen molar-refractivity contribution in [2.45, 2.75) is 12.6 Å². The molecule has 22 heavy (non-hydrogen) atoms. The zero-order valence-electron chi connectivity index (χ0n) is 11.0. The fourth-order valence-corrected chi connectivity index (χ4v) is 2.27. The van der Waals surface area contributed by atoms with E-state index < -0.39 is 23.5 Å². The second-order valence-electron chi connectivity index (χ2n) is 4.34. The number of alkyl halides is 3. The number of nitrogens with zero attached hydrogens (tertiary/aromatic N) is 1. The topological polar surface area (TPSA) is 41.5 Å². The van der Waals surface area contributed by atoms with Crippen LogP contribution in [0.4, 0.5) is 17.6 Å². The van der Waals surface area contributed by atoms with Gasteiger partial charge in [-0.25, -0.2) is 9.82 Å². The highest BCUT2D eigenvalue weighted by Gasteiger charge is 2.30. The summed E-state index contributed by atoms with van der Waals surface area (Å²) in [6.45, 7) is 0. The molecule has 0 spiro atoms. The predicted octanol–water partition coefficient (Wildman–Crippen LogP) is 3.60. The van der Waals surface area contributed by atoms with Crippen LogP contribution in [-0.2, 0) is 17.4 Å². The number of benzene rings is 1. The van der Waals surface area contributed by atoms with Gasteiger partial charge in [-0.3, -0.25) is 4.79 Å². The lowest BCUT2D eigenvalue weighted by atomic mass is 10.1. The Balaban J connectivity index is 1.97.